The summed E-state index contributed by atoms with van der Waals surface area (Å²) in [7, 11) is -6.80. The molecule has 0 aromatic carbocycles. The fourth-order valence-electron chi connectivity index (χ4n) is 1.10. The summed E-state index contributed by atoms with van der Waals surface area (Å²) in [6.45, 7) is 20.2. The molecular weight excluding hydrogens is 304 g/mol. The second-order valence-corrected chi connectivity index (χ2v) is 23.1. The standard InChI is InChI=1S/C12H34O3Si4/c1-10-17(4,5)13-16(14-18(6,7)11-2)15-19(8,9)12-3/h16H,10-12H2,1-9H3. The first-order valence-electron chi connectivity index (χ1n) is 7.50. The fourth-order valence-corrected chi connectivity index (χ4v) is 11.2. The van der Waals surface area contributed by atoms with Crippen LogP contribution in [-0.4, -0.2) is 34.5 Å². The summed E-state index contributed by atoms with van der Waals surface area (Å²) in [5.74, 6) is 0. The lowest BCUT2D eigenvalue weighted by Gasteiger charge is -2.36. The molecule has 3 nitrogen and oxygen atoms in total. The van der Waals surface area contributed by atoms with Crippen LogP contribution in [0.1, 0.15) is 20.8 Å². The molecule has 0 rings (SSSR count). The van der Waals surface area contributed by atoms with Crippen LogP contribution in [0.25, 0.3) is 0 Å². The summed E-state index contributed by atoms with van der Waals surface area (Å²) < 4.78 is 19.1. The molecular formula is C12H34O3Si4. The minimum absolute atomic E-state index is 1.12. The van der Waals surface area contributed by atoms with E-state index in [-0.39, 0.29) is 0 Å². The summed E-state index contributed by atoms with van der Waals surface area (Å²) in [5.41, 5.74) is 0. The van der Waals surface area contributed by atoms with Crippen molar-refractivity contribution in [2.24, 2.45) is 0 Å². The molecule has 0 unspecified atom stereocenters. The minimum atomic E-state index is -1.98. The lowest BCUT2D eigenvalue weighted by molar-refractivity contribution is 0.295. The van der Waals surface area contributed by atoms with E-state index in [1.165, 1.54) is 0 Å². The van der Waals surface area contributed by atoms with Crippen LogP contribution in [-0.2, 0) is 12.3 Å². The molecule has 0 radical (unpaired) electrons. The Kier molecular flexibility index (Phi) is 7.97. The highest BCUT2D eigenvalue weighted by Gasteiger charge is 2.37. The van der Waals surface area contributed by atoms with Crippen molar-refractivity contribution in [2.45, 2.75) is 78.2 Å². The molecule has 19 heavy (non-hydrogen) atoms. The first kappa shape index (κ1) is 19.7. The lowest BCUT2D eigenvalue weighted by atomic mass is 11.0. The van der Waals surface area contributed by atoms with Gasteiger partial charge in [0.25, 0.3) is 0 Å². The molecule has 0 bridgehead atoms. The zero-order chi connectivity index (χ0) is 15.3. The van der Waals surface area contributed by atoms with Gasteiger partial charge in [-0.1, -0.05) is 20.8 Å². The smallest absolute Gasteiger partial charge is 0.419 e. The Labute approximate surface area is 125 Å². The van der Waals surface area contributed by atoms with E-state index >= 15 is 0 Å². The molecule has 0 aliphatic rings. The molecule has 0 saturated heterocycles. The van der Waals surface area contributed by atoms with Crippen LogP contribution in [0.5, 0.6) is 0 Å². The second-order valence-electron chi connectivity index (χ2n) is 6.98. The summed E-state index contributed by atoms with van der Waals surface area (Å²) in [6, 6.07) is 3.35. The Morgan fingerprint density at radius 1 is 0.579 bits per heavy atom. The Morgan fingerprint density at radius 3 is 0.947 bits per heavy atom. The highest BCUT2D eigenvalue weighted by Crippen LogP contribution is 2.21. The average Bonchev–Trinajstić information content (AvgIpc) is 2.27. The molecule has 0 aliphatic carbocycles. The maximum Gasteiger partial charge on any atom is 0.452 e. The Bertz CT molecular complexity index is 227. The largest absolute Gasteiger partial charge is 0.452 e. The van der Waals surface area contributed by atoms with E-state index in [0.29, 0.717) is 0 Å². The molecule has 7 heteroatoms. The van der Waals surface area contributed by atoms with Crippen LogP contribution in [0, 0.1) is 0 Å². The lowest BCUT2D eigenvalue weighted by Crippen LogP contribution is -2.51. The Balaban J connectivity index is 4.84. The predicted octanol–water partition coefficient (Wildman–Crippen LogP) is 4.43. The van der Waals surface area contributed by atoms with Gasteiger partial charge in [-0.25, -0.2) is 0 Å². The number of hydrogen-bond donors (Lipinski definition) is 0. The maximum atomic E-state index is 6.37. The van der Waals surface area contributed by atoms with Gasteiger partial charge in [-0.05, 0) is 57.4 Å². The Morgan fingerprint density at radius 2 is 0.789 bits per heavy atom. The van der Waals surface area contributed by atoms with E-state index in [4.69, 9.17) is 12.3 Å². The van der Waals surface area contributed by atoms with Crippen LogP contribution >= 0.6 is 0 Å². The third-order valence-electron chi connectivity index (χ3n) is 3.80. The van der Waals surface area contributed by atoms with E-state index < -0.39 is 34.5 Å². The van der Waals surface area contributed by atoms with E-state index in [1.807, 2.05) is 0 Å². The highest BCUT2D eigenvalue weighted by atomic mass is 28.5. The quantitative estimate of drug-likeness (QED) is 0.582. The van der Waals surface area contributed by atoms with Crippen LogP contribution in [0.3, 0.4) is 0 Å². The van der Waals surface area contributed by atoms with Crippen molar-refractivity contribution >= 4 is 34.5 Å². The zero-order valence-electron chi connectivity index (χ0n) is 14.4. The minimum Gasteiger partial charge on any atom is -0.419 e. The number of hydrogen-bond acceptors (Lipinski definition) is 3. The molecule has 116 valence electrons. The van der Waals surface area contributed by atoms with Crippen molar-refractivity contribution in [2.75, 3.05) is 0 Å². The van der Waals surface area contributed by atoms with Gasteiger partial charge < -0.3 is 12.3 Å². The van der Waals surface area contributed by atoms with Gasteiger partial charge in [0.2, 0.25) is 0 Å². The van der Waals surface area contributed by atoms with Gasteiger partial charge in [0.1, 0.15) is 0 Å². The highest BCUT2D eigenvalue weighted by molar-refractivity contribution is 6.84. The molecule has 0 fully saturated rings. The summed E-state index contributed by atoms with van der Waals surface area (Å²) in [6.07, 6.45) is 0. The molecule has 0 aliphatic heterocycles. The molecule has 0 amide bonds. The summed E-state index contributed by atoms with van der Waals surface area (Å²) in [5, 5.41) is 0. The van der Waals surface area contributed by atoms with Crippen LogP contribution in [0.2, 0.25) is 57.4 Å². The van der Waals surface area contributed by atoms with Crippen molar-refractivity contribution in [3.63, 3.8) is 0 Å². The normalized spacial score (nSPS) is 14.2. The second kappa shape index (κ2) is 7.67. The zero-order valence-corrected chi connectivity index (χ0v) is 18.6. The van der Waals surface area contributed by atoms with Gasteiger partial charge in [0.15, 0.2) is 25.0 Å². The summed E-state index contributed by atoms with van der Waals surface area (Å²) in [4.78, 5) is 0. The van der Waals surface area contributed by atoms with Crippen LogP contribution in [0.15, 0.2) is 0 Å². The molecule has 0 spiro atoms. The van der Waals surface area contributed by atoms with E-state index in [2.05, 4.69) is 60.1 Å². The number of rotatable bonds is 9. The van der Waals surface area contributed by atoms with Gasteiger partial charge in [-0.3, -0.25) is 0 Å². The predicted molar refractivity (Wildman–Crippen MR) is 94.3 cm³/mol. The maximum absolute atomic E-state index is 6.37. The van der Waals surface area contributed by atoms with Crippen LogP contribution < -0.4 is 0 Å². The molecule has 0 N–H and O–H groups in total. The van der Waals surface area contributed by atoms with Crippen molar-refractivity contribution in [1.29, 1.82) is 0 Å². The monoisotopic (exact) mass is 338 g/mol. The van der Waals surface area contributed by atoms with E-state index in [1.54, 1.807) is 0 Å². The van der Waals surface area contributed by atoms with Gasteiger partial charge in [-0.15, -0.1) is 0 Å². The molecule has 0 heterocycles. The van der Waals surface area contributed by atoms with Gasteiger partial charge >= 0.3 is 9.53 Å². The third-order valence-corrected chi connectivity index (χ3v) is 18.9. The van der Waals surface area contributed by atoms with Crippen molar-refractivity contribution in [3.05, 3.63) is 0 Å². The van der Waals surface area contributed by atoms with Crippen molar-refractivity contribution in [1.82, 2.24) is 0 Å². The fraction of sp³-hybridized carbons (Fsp3) is 1.00. The van der Waals surface area contributed by atoms with Crippen molar-refractivity contribution < 1.29 is 12.3 Å². The van der Waals surface area contributed by atoms with Gasteiger partial charge in [-0.2, -0.15) is 0 Å². The molecule has 0 aromatic rings. The van der Waals surface area contributed by atoms with E-state index in [0.717, 1.165) is 18.1 Å². The SMILES string of the molecule is CC[Si](C)(C)O[SiH](O[Si](C)(C)CC)O[Si](C)(C)CC. The summed E-state index contributed by atoms with van der Waals surface area (Å²) >= 11 is 0. The molecule has 0 aromatic heterocycles. The first-order valence-corrected chi connectivity index (χ1v) is 18.3. The topological polar surface area (TPSA) is 27.7 Å². The van der Waals surface area contributed by atoms with E-state index in [9.17, 15) is 0 Å². The Hall–Kier alpha value is 0.748. The van der Waals surface area contributed by atoms with Gasteiger partial charge in [0, 0.05) is 0 Å². The first-order chi connectivity index (χ1) is 8.47. The van der Waals surface area contributed by atoms with Gasteiger partial charge in [0.05, 0.1) is 0 Å². The van der Waals surface area contributed by atoms with Crippen molar-refractivity contribution in [3.8, 4) is 0 Å². The molecule has 0 saturated carbocycles. The molecule has 0 atom stereocenters. The van der Waals surface area contributed by atoms with Crippen LogP contribution in [0.4, 0.5) is 0 Å². The third kappa shape index (κ3) is 8.59. The average molecular weight is 339 g/mol.